The molecule has 0 amide bonds. The van der Waals surface area contributed by atoms with Crippen LogP contribution in [0.2, 0.25) is 0 Å². The van der Waals surface area contributed by atoms with Gasteiger partial charge in [0.1, 0.15) is 13.7 Å². The fourth-order valence-electron chi connectivity index (χ4n) is 1.78. The Bertz CT molecular complexity index is 473. The fraction of sp³-hybridized carbons (Fsp3) is 0.182. The molecular weight excluding hydrogens is 226 g/mol. The second-order valence-electron chi connectivity index (χ2n) is 3.79. The molecule has 1 aromatic rings. The van der Waals surface area contributed by atoms with Crippen LogP contribution in [0.1, 0.15) is 11.5 Å². The van der Waals surface area contributed by atoms with Crippen LogP contribution in [0, 0.1) is 5.82 Å². The van der Waals surface area contributed by atoms with Crippen LogP contribution in [0.4, 0.5) is 4.39 Å². The largest absolute Gasteiger partial charge is 0.478 e. The van der Waals surface area contributed by atoms with Gasteiger partial charge in [0.2, 0.25) is 0 Å². The van der Waals surface area contributed by atoms with Crippen molar-refractivity contribution in [2.45, 2.75) is 5.92 Å². The molecule has 0 radical (unpaired) electrons. The average Bonchev–Trinajstić information content (AvgIpc) is 2.66. The number of halogens is 1. The number of thioether (sulfide) groups is 1. The molecule has 0 aromatic heterocycles. The molecule has 0 spiro atoms. The van der Waals surface area contributed by atoms with Crippen molar-refractivity contribution in [1.82, 2.24) is 0 Å². The van der Waals surface area contributed by atoms with Crippen LogP contribution in [0.5, 0.6) is 0 Å². The minimum Gasteiger partial charge on any atom is -0.478 e. The lowest BCUT2D eigenvalue weighted by Gasteiger charge is -2.13. The summed E-state index contributed by atoms with van der Waals surface area (Å²) in [7, 11) is 1.81. The summed E-state index contributed by atoms with van der Waals surface area (Å²) >= 11 is 1.42. The standard InChI is InChI=1S/C11H10BFO2S/c12-6-1-2-7(10(13)3-6)8-4-16-5-9(8)11(14)15/h1-3,5,8H,4,12H2,(H,14,15). The predicted molar refractivity (Wildman–Crippen MR) is 65.5 cm³/mol. The summed E-state index contributed by atoms with van der Waals surface area (Å²) < 4.78 is 13.7. The van der Waals surface area contributed by atoms with Gasteiger partial charge in [-0.2, -0.15) is 0 Å². The van der Waals surface area contributed by atoms with E-state index < -0.39 is 5.97 Å². The third-order valence-electron chi connectivity index (χ3n) is 2.63. The molecule has 16 heavy (non-hydrogen) atoms. The van der Waals surface area contributed by atoms with E-state index >= 15 is 0 Å². The fourth-order valence-corrected chi connectivity index (χ4v) is 2.87. The highest BCUT2D eigenvalue weighted by atomic mass is 32.2. The smallest absolute Gasteiger partial charge is 0.332 e. The highest BCUT2D eigenvalue weighted by Crippen LogP contribution is 2.37. The van der Waals surface area contributed by atoms with Gasteiger partial charge < -0.3 is 5.11 Å². The van der Waals surface area contributed by atoms with Crippen LogP contribution < -0.4 is 5.46 Å². The Balaban J connectivity index is 2.38. The maximum Gasteiger partial charge on any atom is 0.332 e. The van der Waals surface area contributed by atoms with Crippen molar-refractivity contribution in [2.75, 3.05) is 5.75 Å². The number of benzene rings is 1. The van der Waals surface area contributed by atoms with Crippen molar-refractivity contribution in [3.05, 3.63) is 40.6 Å². The molecule has 1 N–H and O–H groups in total. The molecule has 0 saturated carbocycles. The number of carboxylic acids is 1. The first-order valence-electron chi connectivity index (χ1n) is 4.90. The summed E-state index contributed by atoms with van der Waals surface area (Å²) in [5.74, 6) is -1.01. The highest BCUT2D eigenvalue weighted by molar-refractivity contribution is 8.02. The third-order valence-corrected chi connectivity index (χ3v) is 3.57. The lowest BCUT2D eigenvalue weighted by atomic mass is 9.89. The van der Waals surface area contributed by atoms with E-state index in [-0.39, 0.29) is 17.3 Å². The summed E-state index contributed by atoms with van der Waals surface area (Å²) in [4.78, 5) is 11.0. The predicted octanol–water partition coefficient (Wildman–Crippen LogP) is 0.883. The number of carbonyl (C=O) groups is 1. The van der Waals surface area contributed by atoms with Crippen molar-refractivity contribution >= 4 is 31.0 Å². The third kappa shape index (κ3) is 2.00. The van der Waals surface area contributed by atoms with Crippen molar-refractivity contribution in [1.29, 1.82) is 0 Å². The monoisotopic (exact) mass is 236 g/mol. The first-order valence-corrected chi connectivity index (χ1v) is 5.95. The maximum absolute atomic E-state index is 13.7. The summed E-state index contributed by atoms with van der Waals surface area (Å²) in [5.41, 5.74) is 1.60. The zero-order valence-corrected chi connectivity index (χ0v) is 9.55. The number of carboxylic acid groups (broad SMARTS) is 1. The van der Waals surface area contributed by atoms with E-state index in [2.05, 4.69) is 0 Å². The van der Waals surface area contributed by atoms with Gasteiger partial charge in [-0.25, -0.2) is 9.18 Å². The van der Waals surface area contributed by atoms with Gasteiger partial charge in [-0.1, -0.05) is 17.6 Å². The van der Waals surface area contributed by atoms with Gasteiger partial charge in [0, 0.05) is 11.7 Å². The van der Waals surface area contributed by atoms with Crippen LogP contribution in [0.25, 0.3) is 0 Å². The van der Waals surface area contributed by atoms with Crippen molar-refractivity contribution in [3.8, 4) is 0 Å². The molecule has 82 valence electrons. The molecule has 1 heterocycles. The van der Waals surface area contributed by atoms with E-state index in [0.29, 0.717) is 11.3 Å². The minimum atomic E-state index is -0.963. The molecule has 0 fully saturated rings. The van der Waals surface area contributed by atoms with Crippen LogP contribution in [0.3, 0.4) is 0 Å². The van der Waals surface area contributed by atoms with Crippen LogP contribution >= 0.6 is 11.8 Å². The van der Waals surface area contributed by atoms with Crippen LogP contribution in [0.15, 0.2) is 29.2 Å². The van der Waals surface area contributed by atoms with Gasteiger partial charge in [-0.3, -0.25) is 0 Å². The summed E-state index contributed by atoms with van der Waals surface area (Å²) in [5, 5.41) is 10.6. The summed E-state index contributed by atoms with van der Waals surface area (Å²) in [6, 6.07) is 4.93. The van der Waals surface area contributed by atoms with E-state index in [1.165, 1.54) is 17.8 Å². The molecule has 1 atom stereocenters. The molecule has 2 rings (SSSR count). The van der Waals surface area contributed by atoms with E-state index in [4.69, 9.17) is 5.11 Å². The molecule has 1 unspecified atom stereocenters. The zero-order valence-electron chi connectivity index (χ0n) is 8.74. The van der Waals surface area contributed by atoms with Crippen molar-refractivity contribution in [3.63, 3.8) is 0 Å². The number of hydrogen-bond acceptors (Lipinski definition) is 2. The molecule has 0 bridgehead atoms. The Morgan fingerprint density at radius 1 is 1.56 bits per heavy atom. The van der Waals surface area contributed by atoms with Gasteiger partial charge >= 0.3 is 5.97 Å². The highest BCUT2D eigenvalue weighted by Gasteiger charge is 2.28. The van der Waals surface area contributed by atoms with Crippen LogP contribution in [-0.2, 0) is 4.79 Å². The Morgan fingerprint density at radius 2 is 2.31 bits per heavy atom. The molecule has 5 heteroatoms. The molecule has 0 saturated heterocycles. The molecule has 2 nitrogen and oxygen atoms in total. The summed E-state index contributed by atoms with van der Waals surface area (Å²) in [6.45, 7) is 0. The lowest BCUT2D eigenvalue weighted by Crippen LogP contribution is -2.13. The molecule has 1 aliphatic rings. The second kappa shape index (κ2) is 4.33. The minimum absolute atomic E-state index is 0.285. The Labute approximate surface area is 98.0 Å². The topological polar surface area (TPSA) is 37.3 Å². The summed E-state index contributed by atoms with van der Waals surface area (Å²) in [6.07, 6.45) is 0. The normalized spacial score (nSPS) is 19.6. The Kier molecular flexibility index (Phi) is 3.05. The molecule has 0 aliphatic carbocycles. The first kappa shape index (κ1) is 11.3. The second-order valence-corrected chi connectivity index (χ2v) is 4.69. The average molecular weight is 236 g/mol. The molecular formula is C11H10BFO2S. The quantitative estimate of drug-likeness (QED) is 0.774. The maximum atomic E-state index is 13.7. The Morgan fingerprint density at radius 3 is 2.94 bits per heavy atom. The van der Waals surface area contributed by atoms with Gasteiger partial charge in [-0.05, 0) is 17.0 Å². The van der Waals surface area contributed by atoms with E-state index in [9.17, 15) is 9.18 Å². The molecule has 1 aromatic carbocycles. The van der Waals surface area contributed by atoms with Gasteiger partial charge in [0.05, 0.1) is 5.57 Å². The number of aliphatic carboxylic acids is 1. The van der Waals surface area contributed by atoms with E-state index in [1.54, 1.807) is 17.5 Å². The van der Waals surface area contributed by atoms with Crippen molar-refractivity contribution in [2.24, 2.45) is 0 Å². The molecule has 1 aliphatic heterocycles. The van der Waals surface area contributed by atoms with Gasteiger partial charge in [0.25, 0.3) is 0 Å². The number of rotatable bonds is 2. The first-order chi connectivity index (χ1) is 7.59. The zero-order chi connectivity index (χ0) is 11.7. The number of hydrogen-bond donors (Lipinski definition) is 1. The lowest BCUT2D eigenvalue weighted by molar-refractivity contribution is -0.132. The van der Waals surface area contributed by atoms with E-state index in [1.807, 2.05) is 7.85 Å². The van der Waals surface area contributed by atoms with Crippen LogP contribution in [-0.4, -0.2) is 24.7 Å². The Hall–Kier alpha value is -1.23. The SMILES string of the molecule is Bc1ccc(C2CSC=C2C(=O)O)c(F)c1. The van der Waals surface area contributed by atoms with Crippen molar-refractivity contribution < 1.29 is 14.3 Å². The van der Waals surface area contributed by atoms with Gasteiger partial charge in [0.15, 0.2) is 0 Å². The van der Waals surface area contributed by atoms with E-state index in [0.717, 1.165) is 5.46 Å². The van der Waals surface area contributed by atoms with Gasteiger partial charge in [-0.15, -0.1) is 11.8 Å².